The minimum absolute atomic E-state index is 0.227. The van der Waals surface area contributed by atoms with Gasteiger partial charge in [-0.2, -0.15) is 0 Å². The standard InChI is InChI=1S/C46H27N3O2/c1-2-15-31-26(9-1)10-6-17-32(31)43-45-44(33-16-3-4-18-36(33)51-45)48-46(47-43)29-13-5-14-30(25-29)49-34-23-21-27-11-7-19-37-39(27)41(34)42-35(49)24-22-28-12-8-20-38(50-37)40(28)42/h1-25,43H,(H,47,48). The average molecular weight is 654 g/mol. The van der Waals surface area contributed by atoms with E-state index in [9.17, 15) is 0 Å². The van der Waals surface area contributed by atoms with Gasteiger partial charge in [0, 0.05) is 38.2 Å². The summed E-state index contributed by atoms with van der Waals surface area (Å²) in [6, 6.07) is 53.3. The van der Waals surface area contributed by atoms with Crippen LogP contribution >= 0.6 is 0 Å². The highest BCUT2D eigenvalue weighted by atomic mass is 16.3. The van der Waals surface area contributed by atoms with E-state index in [1.165, 1.54) is 32.3 Å². The lowest BCUT2D eigenvalue weighted by Gasteiger charge is -2.26. The molecule has 1 aliphatic heterocycles. The molecule has 5 heteroatoms. The number of benzene rings is 8. The van der Waals surface area contributed by atoms with E-state index in [0.717, 1.165) is 78.0 Å². The van der Waals surface area contributed by atoms with Gasteiger partial charge < -0.3 is 18.7 Å². The predicted molar refractivity (Wildman–Crippen MR) is 208 cm³/mol. The van der Waals surface area contributed by atoms with E-state index in [2.05, 4.69) is 149 Å². The lowest BCUT2D eigenvalue weighted by atomic mass is 9.95. The molecule has 0 saturated heterocycles. The van der Waals surface area contributed by atoms with E-state index < -0.39 is 0 Å². The maximum Gasteiger partial charge on any atom is 0.157 e. The third kappa shape index (κ3) is 3.67. The van der Waals surface area contributed by atoms with Crippen molar-refractivity contribution in [2.45, 2.75) is 6.04 Å². The molecule has 1 aliphatic rings. The summed E-state index contributed by atoms with van der Waals surface area (Å²) < 4.78 is 15.6. The Morgan fingerprint density at radius 2 is 1.14 bits per heavy atom. The summed E-state index contributed by atoms with van der Waals surface area (Å²) in [4.78, 5) is 5.29. The van der Waals surface area contributed by atoms with Crippen LogP contribution in [0.3, 0.4) is 0 Å². The number of nitrogens with one attached hydrogen (secondary N) is 1. The van der Waals surface area contributed by atoms with Gasteiger partial charge in [-0.1, -0.05) is 103 Å². The fourth-order valence-electron chi connectivity index (χ4n) is 8.61. The van der Waals surface area contributed by atoms with Crippen molar-refractivity contribution in [3.05, 3.63) is 169 Å². The fraction of sp³-hybridized carbons (Fsp3) is 0.0217. The van der Waals surface area contributed by atoms with Gasteiger partial charge in [0.2, 0.25) is 0 Å². The Morgan fingerprint density at radius 3 is 1.92 bits per heavy atom. The number of hydrogen-bond acceptors (Lipinski definition) is 4. The maximum absolute atomic E-state index is 6.64. The smallest absolute Gasteiger partial charge is 0.157 e. The molecule has 8 aromatic carbocycles. The van der Waals surface area contributed by atoms with Gasteiger partial charge in [-0.3, -0.25) is 0 Å². The summed E-state index contributed by atoms with van der Waals surface area (Å²) in [6.45, 7) is 0. The second-order valence-electron chi connectivity index (χ2n) is 13.5. The topological polar surface area (TPSA) is 55.6 Å². The molecule has 0 fully saturated rings. The van der Waals surface area contributed by atoms with Crippen LogP contribution in [0.25, 0.3) is 81.9 Å². The van der Waals surface area contributed by atoms with Crippen molar-refractivity contribution in [1.82, 2.24) is 9.88 Å². The lowest BCUT2D eigenvalue weighted by molar-refractivity contribution is 0.505. The second kappa shape index (κ2) is 9.87. The van der Waals surface area contributed by atoms with Gasteiger partial charge >= 0.3 is 0 Å². The SMILES string of the molecule is c1cc(C2=Nc3c(oc4ccccc34)C(c3cccc4ccccc34)N2)cc(-n2c3ccc4cccc5oc6cccc7ccc2c(c76)c3c45)c1. The average Bonchev–Trinajstić information content (AvgIpc) is 3.68. The summed E-state index contributed by atoms with van der Waals surface area (Å²) in [6.07, 6.45) is 0. The first-order valence-corrected chi connectivity index (χ1v) is 17.3. The predicted octanol–water partition coefficient (Wildman–Crippen LogP) is 11.9. The third-order valence-electron chi connectivity index (χ3n) is 10.8. The van der Waals surface area contributed by atoms with Crippen LogP contribution in [0.5, 0.6) is 0 Å². The molecule has 5 nitrogen and oxygen atoms in total. The quantitative estimate of drug-likeness (QED) is 0.206. The first kappa shape index (κ1) is 27.0. The Kier molecular flexibility index (Phi) is 5.23. The summed E-state index contributed by atoms with van der Waals surface area (Å²) in [5.74, 6) is 1.64. The van der Waals surface area contributed by atoms with Gasteiger partial charge in [0.1, 0.15) is 34.3 Å². The van der Waals surface area contributed by atoms with Gasteiger partial charge in [-0.15, -0.1) is 0 Å². The molecule has 238 valence electrons. The number of amidine groups is 1. The highest BCUT2D eigenvalue weighted by Gasteiger charge is 2.31. The molecular weight excluding hydrogens is 627 g/mol. The number of hydrogen-bond donors (Lipinski definition) is 1. The van der Waals surface area contributed by atoms with Crippen molar-refractivity contribution in [3.8, 4) is 5.69 Å². The molecule has 0 bridgehead atoms. The van der Waals surface area contributed by atoms with Crippen LogP contribution in [-0.2, 0) is 0 Å². The number of nitrogens with zero attached hydrogens (tertiary/aromatic N) is 2. The molecule has 4 heterocycles. The Bertz CT molecular complexity index is 3140. The third-order valence-corrected chi connectivity index (χ3v) is 10.8. The highest BCUT2D eigenvalue weighted by molar-refractivity contribution is 6.33. The number of para-hydroxylation sites is 1. The van der Waals surface area contributed by atoms with Gasteiger partial charge in [-0.25, -0.2) is 4.99 Å². The minimum Gasteiger partial charge on any atom is -0.456 e. The van der Waals surface area contributed by atoms with Crippen molar-refractivity contribution in [2.24, 2.45) is 4.99 Å². The van der Waals surface area contributed by atoms with Crippen molar-refractivity contribution in [1.29, 1.82) is 0 Å². The van der Waals surface area contributed by atoms with Gasteiger partial charge in [0.15, 0.2) is 5.76 Å². The van der Waals surface area contributed by atoms with Crippen LogP contribution in [-0.4, -0.2) is 10.4 Å². The summed E-state index contributed by atoms with van der Waals surface area (Å²) in [5.41, 5.74) is 8.99. The summed E-state index contributed by atoms with van der Waals surface area (Å²) >= 11 is 0. The first-order chi connectivity index (χ1) is 25.3. The molecule has 0 spiro atoms. The molecule has 0 radical (unpaired) electrons. The first-order valence-electron chi connectivity index (χ1n) is 17.3. The van der Waals surface area contributed by atoms with Crippen LogP contribution in [0, 0.1) is 0 Å². The van der Waals surface area contributed by atoms with E-state index >= 15 is 0 Å². The van der Waals surface area contributed by atoms with Crippen LogP contribution in [0.1, 0.15) is 22.9 Å². The lowest BCUT2D eigenvalue weighted by Crippen LogP contribution is -2.32. The molecule has 0 saturated carbocycles. The Hall–Kier alpha value is -6.85. The second-order valence-corrected chi connectivity index (χ2v) is 13.5. The van der Waals surface area contributed by atoms with E-state index in [1.807, 2.05) is 12.1 Å². The van der Waals surface area contributed by atoms with Gasteiger partial charge in [0.05, 0.1) is 11.0 Å². The summed E-state index contributed by atoms with van der Waals surface area (Å²) in [5, 5.41) is 14.3. The van der Waals surface area contributed by atoms with Crippen molar-refractivity contribution < 1.29 is 8.83 Å². The number of furan rings is 1. The molecular formula is C46H27N3O2. The van der Waals surface area contributed by atoms with Gasteiger partial charge in [-0.05, 0) is 75.6 Å². The number of aromatic nitrogens is 1. The van der Waals surface area contributed by atoms with E-state index in [4.69, 9.17) is 13.8 Å². The zero-order valence-electron chi connectivity index (χ0n) is 27.2. The van der Waals surface area contributed by atoms with Crippen molar-refractivity contribution in [2.75, 3.05) is 0 Å². The maximum atomic E-state index is 6.64. The summed E-state index contributed by atoms with van der Waals surface area (Å²) in [7, 11) is 0. The number of rotatable bonds is 3. The molecule has 11 aromatic rings. The number of aliphatic imine (C=N–C) groups is 1. The normalized spacial score (nSPS) is 14.7. The largest absolute Gasteiger partial charge is 0.456 e. The van der Waals surface area contributed by atoms with E-state index in [-0.39, 0.29) is 6.04 Å². The zero-order chi connectivity index (χ0) is 33.2. The molecule has 51 heavy (non-hydrogen) atoms. The monoisotopic (exact) mass is 653 g/mol. The van der Waals surface area contributed by atoms with Crippen LogP contribution in [0.4, 0.5) is 5.69 Å². The number of fused-ring (bicyclic) bond motifs is 4. The molecule has 1 atom stereocenters. The van der Waals surface area contributed by atoms with Gasteiger partial charge in [0.25, 0.3) is 0 Å². The zero-order valence-corrected chi connectivity index (χ0v) is 27.2. The van der Waals surface area contributed by atoms with Crippen molar-refractivity contribution in [3.63, 3.8) is 0 Å². The van der Waals surface area contributed by atoms with E-state index in [0.29, 0.717) is 0 Å². The molecule has 12 rings (SSSR count). The Labute approximate surface area is 291 Å². The van der Waals surface area contributed by atoms with Crippen LogP contribution in [0.2, 0.25) is 0 Å². The van der Waals surface area contributed by atoms with Crippen molar-refractivity contribution >= 4 is 87.8 Å². The molecule has 1 N–H and O–H groups in total. The van der Waals surface area contributed by atoms with Crippen LogP contribution < -0.4 is 5.32 Å². The molecule has 0 amide bonds. The molecule has 0 aliphatic carbocycles. The Morgan fingerprint density at radius 1 is 0.510 bits per heavy atom. The van der Waals surface area contributed by atoms with Crippen LogP contribution in [0.15, 0.2) is 165 Å². The molecule has 1 unspecified atom stereocenters. The fourth-order valence-corrected chi connectivity index (χ4v) is 8.61. The van der Waals surface area contributed by atoms with E-state index in [1.54, 1.807) is 0 Å². The Balaban J connectivity index is 1.11. The molecule has 3 aromatic heterocycles. The highest BCUT2D eigenvalue weighted by Crippen LogP contribution is 2.46. The minimum atomic E-state index is -0.227.